The van der Waals surface area contributed by atoms with Crippen LogP contribution in [0.15, 0.2) is 24.3 Å². The first kappa shape index (κ1) is 20.6. The molecule has 0 aliphatic heterocycles. The monoisotopic (exact) mass is 396 g/mol. The minimum Gasteiger partial charge on any atom is -0.480 e. The molecule has 0 spiro atoms. The van der Waals surface area contributed by atoms with E-state index in [4.69, 9.17) is 49.0 Å². The van der Waals surface area contributed by atoms with Crippen LogP contribution in [0.1, 0.15) is 6.92 Å². The lowest BCUT2D eigenvalue weighted by Crippen LogP contribution is -2.27. The van der Waals surface area contributed by atoms with Crippen molar-refractivity contribution in [3.05, 3.63) is 39.4 Å². The number of hydrogen-bond donors (Lipinski definition) is 1. The highest BCUT2D eigenvalue weighted by Crippen LogP contribution is 2.33. The van der Waals surface area contributed by atoms with Gasteiger partial charge in [0.25, 0.3) is 0 Å². The molecule has 1 aromatic rings. The molecule has 1 N–H and O–H groups in total. The van der Waals surface area contributed by atoms with Crippen LogP contribution in [-0.2, 0) is 19.1 Å². The highest BCUT2D eigenvalue weighted by atomic mass is 35.5. The van der Waals surface area contributed by atoms with Crippen LogP contribution in [0.25, 0.3) is 0 Å². The van der Waals surface area contributed by atoms with Gasteiger partial charge < -0.3 is 19.3 Å². The van der Waals surface area contributed by atoms with Gasteiger partial charge in [0.1, 0.15) is 25.1 Å². The number of ether oxygens (including phenoxy) is 3. The largest absolute Gasteiger partial charge is 0.480 e. The molecule has 0 fully saturated rings. The number of rotatable bonds is 8. The lowest BCUT2D eigenvalue weighted by atomic mass is 10.3. The first-order valence-electron chi connectivity index (χ1n) is 6.64. The second-order valence-corrected chi connectivity index (χ2v) is 5.92. The maximum absolute atomic E-state index is 11.5. The van der Waals surface area contributed by atoms with Crippen LogP contribution in [0, 0.1) is 0 Å². The molecular weight excluding hydrogens is 383 g/mol. The molecule has 0 amide bonds. The Morgan fingerprint density at radius 2 is 1.71 bits per heavy atom. The summed E-state index contributed by atoms with van der Waals surface area (Å²) < 4.78 is 14.7. The highest BCUT2D eigenvalue weighted by Gasteiger charge is 2.14. The number of halogens is 3. The molecule has 0 saturated heterocycles. The number of carbonyl (C=O) groups excluding carboxylic acids is 2. The van der Waals surface area contributed by atoms with Crippen LogP contribution in [-0.4, -0.2) is 43.0 Å². The standard InChI is InChI=1S/C15H15Cl3O6/c1-8(2)15(21)24-6-9(19)5-23-14(20)7-22-13-4-11(17)10(16)3-12(13)18/h3-4,9,19H,1,5-7H2,2H3. The Hall–Kier alpha value is -1.47. The number of aliphatic hydroxyl groups excluding tert-OH is 1. The number of hydrogen-bond acceptors (Lipinski definition) is 6. The molecule has 0 aliphatic rings. The van der Waals surface area contributed by atoms with Gasteiger partial charge in [-0.15, -0.1) is 0 Å². The molecule has 0 aliphatic carbocycles. The predicted molar refractivity (Wildman–Crippen MR) is 89.7 cm³/mol. The van der Waals surface area contributed by atoms with Gasteiger partial charge in [-0.1, -0.05) is 41.4 Å². The van der Waals surface area contributed by atoms with Gasteiger partial charge >= 0.3 is 11.9 Å². The van der Waals surface area contributed by atoms with Crippen molar-refractivity contribution >= 4 is 46.7 Å². The average Bonchev–Trinajstić information content (AvgIpc) is 2.52. The number of benzene rings is 1. The van der Waals surface area contributed by atoms with Gasteiger partial charge in [-0.25, -0.2) is 9.59 Å². The molecule has 6 nitrogen and oxygen atoms in total. The SMILES string of the molecule is C=C(C)C(=O)OCC(O)COC(=O)COc1cc(Cl)c(Cl)cc1Cl. The molecule has 1 aromatic carbocycles. The highest BCUT2D eigenvalue weighted by molar-refractivity contribution is 6.43. The first-order valence-corrected chi connectivity index (χ1v) is 7.77. The van der Waals surface area contributed by atoms with E-state index in [-0.39, 0.29) is 39.6 Å². The Labute approximate surface area is 153 Å². The van der Waals surface area contributed by atoms with Gasteiger partial charge in [-0.3, -0.25) is 0 Å². The summed E-state index contributed by atoms with van der Waals surface area (Å²) in [5, 5.41) is 10.2. The third kappa shape index (κ3) is 6.97. The molecule has 0 aromatic heterocycles. The van der Waals surface area contributed by atoms with Crippen molar-refractivity contribution in [3.63, 3.8) is 0 Å². The molecule has 9 heteroatoms. The fourth-order valence-electron chi connectivity index (χ4n) is 1.33. The lowest BCUT2D eigenvalue weighted by Gasteiger charge is -2.13. The van der Waals surface area contributed by atoms with Crippen LogP contribution >= 0.6 is 34.8 Å². The number of aliphatic hydroxyl groups is 1. The summed E-state index contributed by atoms with van der Waals surface area (Å²) in [5.41, 5.74) is 0.200. The van der Waals surface area contributed by atoms with E-state index in [9.17, 15) is 14.7 Å². The van der Waals surface area contributed by atoms with Gasteiger partial charge in [0, 0.05) is 11.6 Å². The zero-order valence-corrected chi connectivity index (χ0v) is 15.0. The van der Waals surface area contributed by atoms with E-state index in [1.165, 1.54) is 19.1 Å². The Bertz CT molecular complexity index is 632. The second kappa shape index (κ2) is 9.74. The normalized spacial score (nSPS) is 11.5. The van der Waals surface area contributed by atoms with Gasteiger partial charge in [-0.05, 0) is 13.0 Å². The average molecular weight is 398 g/mol. The van der Waals surface area contributed by atoms with Crippen molar-refractivity contribution in [3.8, 4) is 5.75 Å². The van der Waals surface area contributed by atoms with Crippen molar-refractivity contribution in [1.82, 2.24) is 0 Å². The molecule has 0 bridgehead atoms. The number of carbonyl (C=O) groups is 2. The Kier molecular flexibility index (Phi) is 8.35. The molecule has 0 saturated carbocycles. The van der Waals surface area contributed by atoms with Crippen molar-refractivity contribution in [2.75, 3.05) is 19.8 Å². The van der Waals surface area contributed by atoms with Gasteiger partial charge in [0.05, 0.1) is 15.1 Å². The molecule has 0 heterocycles. The summed E-state index contributed by atoms with van der Waals surface area (Å²) in [5.74, 6) is -1.22. The molecular formula is C15H15Cl3O6. The van der Waals surface area contributed by atoms with Crippen molar-refractivity contribution in [2.45, 2.75) is 13.0 Å². The van der Waals surface area contributed by atoms with Crippen LogP contribution in [0.5, 0.6) is 5.75 Å². The summed E-state index contributed by atoms with van der Waals surface area (Å²) in [6.45, 7) is 3.74. The van der Waals surface area contributed by atoms with E-state index in [1.807, 2.05) is 0 Å². The fraction of sp³-hybridized carbons (Fsp3) is 0.333. The maximum Gasteiger partial charge on any atom is 0.344 e. The van der Waals surface area contributed by atoms with E-state index >= 15 is 0 Å². The Morgan fingerprint density at radius 1 is 1.12 bits per heavy atom. The molecule has 1 atom stereocenters. The van der Waals surface area contributed by atoms with Crippen LogP contribution in [0.2, 0.25) is 15.1 Å². The second-order valence-electron chi connectivity index (χ2n) is 4.70. The first-order chi connectivity index (χ1) is 11.2. The fourth-order valence-corrected chi connectivity index (χ4v) is 1.92. The van der Waals surface area contributed by atoms with Crippen LogP contribution in [0.3, 0.4) is 0 Å². The van der Waals surface area contributed by atoms with Crippen molar-refractivity contribution in [2.24, 2.45) is 0 Å². The van der Waals surface area contributed by atoms with Crippen LogP contribution in [0.4, 0.5) is 0 Å². The number of esters is 2. The summed E-state index contributed by atoms with van der Waals surface area (Å²) in [6.07, 6.45) is -1.16. The molecule has 1 unspecified atom stereocenters. The Morgan fingerprint density at radius 3 is 2.33 bits per heavy atom. The maximum atomic E-state index is 11.5. The van der Waals surface area contributed by atoms with Gasteiger partial charge in [0.15, 0.2) is 6.61 Å². The van der Waals surface area contributed by atoms with Gasteiger partial charge in [-0.2, -0.15) is 0 Å². The smallest absolute Gasteiger partial charge is 0.344 e. The van der Waals surface area contributed by atoms with E-state index in [1.54, 1.807) is 0 Å². The molecule has 24 heavy (non-hydrogen) atoms. The molecule has 1 rings (SSSR count). The van der Waals surface area contributed by atoms with Crippen molar-refractivity contribution < 1.29 is 28.9 Å². The molecule has 0 radical (unpaired) electrons. The predicted octanol–water partition coefficient (Wildman–Crippen LogP) is 3.05. The summed E-state index contributed by atoms with van der Waals surface area (Å²) in [4.78, 5) is 22.7. The van der Waals surface area contributed by atoms with Crippen molar-refractivity contribution in [1.29, 1.82) is 0 Å². The minimum atomic E-state index is -1.16. The zero-order valence-electron chi connectivity index (χ0n) is 12.7. The summed E-state index contributed by atoms with van der Waals surface area (Å²) >= 11 is 17.5. The minimum absolute atomic E-state index is 0.166. The van der Waals surface area contributed by atoms with E-state index < -0.39 is 24.6 Å². The van der Waals surface area contributed by atoms with Crippen LogP contribution < -0.4 is 4.74 Å². The lowest BCUT2D eigenvalue weighted by molar-refractivity contribution is -0.152. The van der Waals surface area contributed by atoms with E-state index in [0.717, 1.165) is 0 Å². The Balaban J connectivity index is 2.35. The third-order valence-corrected chi connectivity index (χ3v) is 3.53. The summed E-state index contributed by atoms with van der Waals surface area (Å²) in [7, 11) is 0. The molecule has 132 valence electrons. The van der Waals surface area contributed by atoms with E-state index in [0.29, 0.717) is 0 Å². The van der Waals surface area contributed by atoms with Gasteiger partial charge in [0.2, 0.25) is 0 Å². The third-order valence-electron chi connectivity index (χ3n) is 2.51. The van der Waals surface area contributed by atoms with E-state index in [2.05, 4.69) is 6.58 Å². The zero-order chi connectivity index (χ0) is 18.3. The topological polar surface area (TPSA) is 82.1 Å². The quantitative estimate of drug-likeness (QED) is 0.412. The summed E-state index contributed by atoms with van der Waals surface area (Å²) in [6, 6.07) is 2.75.